The van der Waals surface area contributed by atoms with Crippen molar-refractivity contribution in [1.29, 1.82) is 0 Å². The second kappa shape index (κ2) is 7.40. The van der Waals surface area contributed by atoms with Gasteiger partial charge in [0.15, 0.2) is 0 Å². The molecule has 0 fully saturated rings. The molecule has 3 rings (SSSR count). The molecule has 1 heterocycles. The van der Waals surface area contributed by atoms with Crippen LogP contribution in [0.5, 0.6) is 0 Å². The molecule has 0 spiro atoms. The van der Waals surface area contributed by atoms with Crippen LogP contribution in [0, 0.1) is 0 Å². The van der Waals surface area contributed by atoms with Gasteiger partial charge < -0.3 is 9.53 Å². The van der Waals surface area contributed by atoms with Crippen LogP contribution in [0.4, 0.5) is 10.5 Å². The molecular weight excluding hydrogens is 378 g/mol. The maximum absolute atomic E-state index is 13.7. The van der Waals surface area contributed by atoms with Crippen LogP contribution < -0.4 is 4.90 Å². The highest BCUT2D eigenvalue weighted by Crippen LogP contribution is 2.50. The van der Waals surface area contributed by atoms with E-state index in [9.17, 15) is 14.4 Å². The highest BCUT2D eigenvalue weighted by atomic mass is 35.5. The molecule has 2 amide bonds. The van der Waals surface area contributed by atoms with E-state index in [1.54, 1.807) is 39.0 Å². The predicted octanol–water partition coefficient (Wildman–Crippen LogP) is 4.89. The maximum Gasteiger partial charge on any atom is 0.421 e. The Morgan fingerprint density at radius 1 is 1.18 bits per heavy atom. The number of fused-ring (bicyclic) bond motifs is 1. The van der Waals surface area contributed by atoms with E-state index in [0.717, 1.165) is 16.7 Å². The molecular formula is C22H22ClNO4. The van der Waals surface area contributed by atoms with Crippen molar-refractivity contribution in [3.05, 3.63) is 64.7 Å². The molecule has 2 aromatic carbocycles. The second-order valence-corrected chi connectivity index (χ2v) is 8.20. The van der Waals surface area contributed by atoms with Crippen LogP contribution >= 0.6 is 11.6 Å². The van der Waals surface area contributed by atoms with Crippen LogP contribution in [0.1, 0.15) is 44.7 Å². The Balaban J connectivity index is 2.23. The summed E-state index contributed by atoms with van der Waals surface area (Å²) in [6.45, 7) is 5.21. The van der Waals surface area contributed by atoms with Crippen LogP contribution in [-0.2, 0) is 19.7 Å². The van der Waals surface area contributed by atoms with Gasteiger partial charge in [-0.2, -0.15) is 0 Å². The lowest BCUT2D eigenvalue weighted by Gasteiger charge is -2.29. The van der Waals surface area contributed by atoms with Gasteiger partial charge in [-0.15, -0.1) is 0 Å². The molecule has 0 saturated heterocycles. The minimum atomic E-state index is -1.15. The van der Waals surface area contributed by atoms with E-state index in [2.05, 4.69) is 0 Å². The van der Waals surface area contributed by atoms with Gasteiger partial charge >= 0.3 is 6.09 Å². The van der Waals surface area contributed by atoms with E-state index in [1.165, 1.54) is 0 Å². The summed E-state index contributed by atoms with van der Waals surface area (Å²) in [6.07, 6.45) is 0.437. The van der Waals surface area contributed by atoms with Crippen molar-refractivity contribution in [2.75, 3.05) is 4.90 Å². The van der Waals surface area contributed by atoms with Gasteiger partial charge in [-0.1, -0.05) is 48.0 Å². The Bertz CT molecular complexity index is 920. The molecule has 2 aromatic rings. The Morgan fingerprint density at radius 3 is 2.46 bits per heavy atom. The van der Waals surface area contributed by atoms with Crippen molar-refractivity contribution >= 4 is 35.6 Å². The van der Waals surface area contributed by atoms with Gasteiger partial charge in [0, 0.05) is 11.4 Å². The molecule has 0 radical (unpaired) electrons. The first-order valence-corrected chi connectivity index (χ1v) is 9.45. The van der Waals surface area contributed by atoms with Crippen molar-refractivity contribution in [3.63, 3.8) is 0 Å². The van der Waals surface area contributed by atoms with E-state index in [4.69, 9.17) is 16.3 Å². The van der Waals surface area contributed by atoms with Crippen molar-refractivity contribution in [1.82, 2.24) is 0 Å². The first kappa shape index (κ1) is 20.1. The molecule has 1 aliphatic rings. The van der Waals surface area contributed by atoms with Crippen LogP contribution in [0.25, 0.3) is 0 Å². The zero-order chi connectivity index (χ0) is 20.5. The fourth-order valence-corrected chi connectivity index (χ4v) is 3.78. The minimum Gasteiger partial charge on any atom is -0.443 e. The average molecular weight is 400 g/mol. The van der Waals surface area contributed by atoms with E-state index >= 15 is 0 Å². The van der Waals surface area contributed by atoms with E-state index < -0.39 is 23.0 Å². The molecule has 0 unspecified atom stereocenters. The number of nitrogens with zero attached hydrogens (tertiary/aromatic N) is 1. The topological polar surface area (TPSA) is 63.7 Å². The zero-order valence-corrected chi connectivity index (χ0v) is 16.8. The number of hydrogen-bond donors (Lipinski definition) is 0. The lowest BCUT2D eigenvalue weighted by Crippen LogP contribution is -2.46. The van der Waals surface area contributed by atoms with Gasteiger partial charge in [-0.3, -0.25) is 4.79 Å². The number of ether oxygens (including phenoxy) is 1. The van der Waals surface area contributed by atoms with Crippen molar-refractivity contribution in [2.24, 2.45) is 0 Å². The molecule has 146 valence electrons. The summed E-state index contributed by atoms with van der Waals surface area (Å²) in [5, 5.41) is 0.402. The summed E-state index contributed by atoms with van der Waals surface area (Å²) in [7, 11) is 0. The third-order valence-corrected chi connectivity index (χ3v) is 4.94. The normalized spacial score (nSPS) is 18.7. The van der Waals surface area contributed by atoms with Crippen LogP contribution in [0.15, 0.2) is 48.5 Å². The number of imide groups is 1. The van der Waals surface area contributed by atoms with Gasteiger partial charge in [0.2, 0.25) is 0 Å². The number of anilines is 1. The van der Waals surface area contributed by atoms with Crippen molar-refractivity contribution < 1.29 is 19.1 Å². The summed E-state index contributed by atoms with van der Waals surface area (Å²) >= 11 is 6.17. The quantitative estimate of drug-likeness (QED) is 0.687. The summed E-state index contributed by atoms with van der Waals surface area (Å²) in [5.41, 5.74) is -0.172. The molecule has 0 aliphatic carbocycles. The number of carbonyl (C=O) groups is 3. The lowest BCUT2D eigenvalue weighted by molar-refractivity contribution is -0.122. The Hall–Kier alpha value is -2.66. The zero-order valence-electron chi connectivity index (χ0n) is 16.1. The summed E-state index contributed by atoms with van der Waals surface area (Å²) in [6, 6.07) is 14.2. The smallest absolute Gasteiger partial charge is 0.421 e. The highest BCUT2D eigenvalue weighted by Gasteiger charge is 2.54. The second-order valence-electron chi connectivity index (χ2n) is 7.76. The maximum atomic E-state index is 13.7. The molecule has 5 nitrogen and oxygen atoms in total. The van der Waals surface area contributed by atoms with Crippen LogP contribution in [0.3, 0.4) is 0 Å². The summed E-state index contributed by atoms with van der Waals surface area (Å²) in [5.74, 6) is -0.438. The Labute approximate surface area is 169 Å². The van der Waals surface area contributed by atoms with Crippen LogP contribution in [-0.4, -0.2) is 23.9 Å². The molecule has 28 heavy (non-hydrogen) atoms. The van der Waals surface area contributed by atoms with Gasteiger partial charge in [-0.25, -0.2) is 9.69 Å². The molecule has 0 saturated carbocycles. The number of hydrogen-bond acceptors (Lipinski definition) is 4. The fraction of sp³-hybridized carbons (Fsp3) is 0.318. The molecule has 1 aliphatic heterocycles. The largest absolute Gasteiger partial charge is 0.443 e. The monoisotopic (exact) mass is 399 g/mol. The first-order valence-electron chi connectivity index (χ1n) is 9.07. The lowest BCUT2D eigenvalue weighted by atomic mass is 9.72. The standard InChI is InChI=1S/C22H22ClNO4/c1-21(2,3)28-20(27)24-18-14-16(23)10-11-17(18)22(19(24)26,12-7-13-25)15-8-5-4-6-9-15/h4-6,8-11,13-14H,7,12H2,1-3H3/t22-/m0/s1. The minimum absolute atomic E-state index is 0.171. The Morgan fingerprint density at radius 2 is 1.86 bits per heavy atom. The predicted molar refractivity (Wildman–Crippen MR) is 108 cm³/mol. The van der Waals surface area contributed by atoms with Crippen molar-refractivity contribution in [3.8, 4) is 0 Å². The Kier molecular flexibility index (Phi) is 5.31. The SMILES string of the molecule is CC(C)(C)OC(=O)N1C(=O)[C@@](CCC=O)(c2ccccc2)c2ccc(Cl)cc21. The molecule has 0 bridgehead atoms. The number of aldehydes is 1. The molecule has 0 N–H and O–H groups in total. The molecule has 1 atom stereocenters. The van der Waals surface area contributed by atoms with Gasteiger partial charge in [-0.05, 0) is 50.5 Å². The van der Waals surface area contributed by atoms with Gasteiger partial charge in [0.25, 0.3) is 5.91 Å². The van der Waals surface area contributed by atoms with Gasteiger partial charge in [0.1, 0.15) is 17.3 Å². The van der Waals surface area contributed by atoms with Gasteiger partial charge in [0.05, 0.1) is 5.69 Å². The molecule has 6 heteroatoms. The fourth-order valence-electron chi connectivity index (χ4n) is 3.62. The van der Waals surface area contributed by atoms with E-state index in [1.807, 2.05) is 30.3 Å². The van der Waals surface area contributed by atoms with Crippen LogP contribution in [0.2, 0.25) is 5.02 Å². The number of halogens is 1. The third-order valence-electron chi connectivity index (χ3n) is 4.71. The number of benzene rings is 2. The number of amides is 2. The third kappa shape index (κ3) is 3.42. The first-order chi connectivity index (χ1) is 13.2. The summed E-state index contributed by atoms with van der Waals surface area (Å²) in [4.78, 5) is 38.8. The van der Waals surface area contributed by atoms with E-state index in [0.29, 0.717) is 16.3 Å². The highest BCUT2D eigenvalue weighted by molar-refractivity contribution is 6.32. The number of carbonyl (C=O) groups excluding carboxylic acids is 3. The van der Waals surface area contributed by atoms with Crippen molar-refractivity contribution in [2.45, 2.75) is 44.6 Å². The summed E-state index contributed by atoms with van der Waals surface area (Å²) < 4.78 is 5.48. The average Bonchev–Trinajstić information content (AvgIpc) is 2.87. The molecule has 0 aromatic heterocycles. The number of rotatable bonds is 4. The van der Waals surface area contributed by atoms with E-state index in [-0.39, 0.29) is 12.8 Å².